The number of alkyl halides is 2. The molecule has 5 rings (SSSR count). The standard InChI is InChI=1S/C23H37ClFN3O4/c24-17-2-1-16(12-18(17)25)32-14-20(30)27-22-4-7-23(8-5-22,9-6-22)28-21(31)19-11-15(13-29)3-10-26-19/h15-19,26,29H,1-14H2,(H,27,30)(H,28,31). The lowest BCUT2D eigenvalue weighted by Gasteiger charge is -2.54. The predicted octanol–water partition coefficient (Wildman–Crippen LogP) is 1.94. The van der Waals surface area contributed by atoms with Gasteiger partial charge in [0.05, 0.1) is 17.5 Å². The molecule has 5 fully saturated rings. The van der Waals surface area contributed by atoms with Crippen LogP contribution < -0.4 is 16.0 Å². The Morgan fingerprint density at radius 2 is 1.69 bits per heavy atom. The molecule has 7 nitrogen and oxygen atoms in total. The molecule has 5 atom stereocenters. The number of aliphatic hydroxyl groups is 1. The molecule has 0 aromatic rings. The first kappa shape index (κ1) is 24.2. The number of halogens is 2. The number of nitrogens with one attached hydrogen (secondary N) is 3. The molecule has 0 aromatic carbocycles. The van der Waals surface area contributed by atoms with Gasteiger partial charge in [-0.2, -0.15) is 0 Å². The molecule has 32 heavy (non-hydrogen) atoms. The molecule has 1 saturated heterocycles. The zero-order valence-electron chi connectivity index (χ0n) is 18.7. The third-order valence-electron chi connectivity index (χ3n) is 8.22. The van der Waals surface area contributed by atoms with E-state index in [1.54, 1.807) is 0 Å². The van der Waals surface area contributed by atoms with E-state index in [4.69, 9.17) is 16.3 Å². The minimum Gasteiger partial charge on any atom is -0.396 e. The highest BCUT2D eigenvalue weighted by atomic mass is 35.5. The van der Waals surface area contributed by atoms with Gasteiger partial charge in [-0.05, 0) is 76.7 Å². The molecule has 5 aliphatic rings. The molecule has 1 heterocycles. The predicted molar refractivity (Wildman–Crippen MR) is 119 cm³/mol. The Hall–Kier alpha value is -0.960. The van der Waals surface area contributed by atoms with Crippen LogP contribution in [0, 0.1) is 5.92 Å². The Morgan fingerprint density at radius 1 is 1.03 bits per heavy atom. The van der Waals surface area contributed by atoms with E-state index in [1.165, 1.54) is 0 Å². The van der Waals surface area contributed by atoms with Gasteiger partial charge in [0.1, 0.15) is 12.8 Å². The molecule has 182 valence electrons. The second-order valence-corrected chi connectivity index (χ2v) is 11.0. The molecule has 9 heteroatoms. The summed E-state index contributed by atoms with van der Waals surface area (Å²) in [7, 11) is 0. The number of hydrogen-bond donors (Lipinski definition) is 4. The van der Waals surface area contributed by atoms with Gasteiger partial charge in [-0.3, -0.25) is 9.59 Å². The van der Waals surface area contributed by atoms with Gasteiger partial charge in [-0.1, -0.05) is 0 Å². The molecule has 4 saturated carbocycles. The Kier molecular flexibility index (Phi) is 7.64. The first-order valence-corrected chi connectivity index (χ1v) is 12.6. The van der Waals surface area contributed by atoms with E-state index in [-0.39, 0.29) is 60.6 Å². The summed E-state index contributed by atoms with van der Waals surface area (Å²) in [4.78, 5) is 25.4. The Balaban J connectivity index is 1.22. The normalized spacial score (nSPS) is 41.8. The molecule has 0 aromatic heterocycles. The first-order chi connectivity index (χ1) is 15.3. The summed E-state index contributed by atoms with van der Waals surface area (Å²) in [6.45, 7) is 0.838. The number of amides is 2. The summed E-state index contributed by atoms with van der Waals surface area (Å²) in [5.41, 5.74) is -0.418. The van der Waals surface area contributed by atoms with Gasteiger partial charge in [0.25, 0.3) is 0 Å². The van der Waals surface area contributed by atoms with Crippen molar-refractivity contribution in [3.8, 4) is 0 Å². The van der Waals surface area contributed by atoms with Crippen molar-refractivity contribution in [3.05, 3.63) is 0 Å². The van der Waals surface area contributed by atoms with E-state index in [1.807, 2.05) is 0 Å². The summed E-state index contributed by atoms with van der Waals surface area (Å²) in [5.74, 6) is 0.0779. The molecule has 5 unspecified atom stereocenters. The molecular weight excluding hydrogens is 437 g/mol. The van der Waals surface area contributed by atoms with Crippen molar-refractivity contribution >= 4 is 23.4 Å². The summed E-state index contributed by atoms with van der Waals surface area (Å²) < 4.78 is 19.4. The van der Waals surface area contributed by atoms with Crippen molar-refractivity contribution in [1.29, 1.82) is 0 Å². The summed E-state index contributed by atoms with van der Waals surface area (Å²) >= 11 is 5.92. The molecule has 0 spiro atoms. The third kappa shape index (κ3) is 5.57. The van der Waals surface area contributed by atoms with E-state index in [2.05, 4.69) is 16.0 Å². The van der Waals surface area contributed by atoms with E-state index in [0.29, 0.717) is 19.3 Å². The van der Waals surface area contributed by atoms with Gasteiger partial charge in [0, 0.05) is 24.1 Å². The summed E-state index contributed by atoms with van der Waals surface area (Å²) in [6, 6.07) is -0.237. The van der Waals surface area contributed by atoms with Gasteiger partial charge < -0.3 is 25.8 Å². The number of hydrogen-bond acceptors (Lipinski definition) is 5. The third-order valence-corrected chi connectivity index (χ3v) is 8.71. The van der Waals surface area contributed by atoms with Crippen LogP contribution in [0.4, 0.5) is 4.39 Å². The average molecular weight is 474 g/mol. The number of carbonyl (C=O) groups is 2. The molecule has 2 bridgehead atoms. The first-order valence-electron chi connectivity index (χ1n) is 12.2. The quantitative estimate of drug-likeness (QED) is 0.423. The van der Waals surface area contributed by atoms with Crippen LogP contribution in [0.25, 0.3) is 0 Å². The number of piperidine rings is 1. The number of carbonyl (C=O) groups excluding carboxylic acids is 2. The van der Waals surface area contributed by atoms with Crippen LogP contribution in [-0.4, -0.2) is 71.5 Å². The van der Waals surface area contributed by atoms with Crippen LogP contribution in [0.5, 0.6) is 0 Å². The highest BCUT2D eigenvalue weighted by Gasteiger charge is 2.50. The van der Waals surface area contributed by atoms with Crippen molar-refractivity contribution in [2.45, 2.75) is 105 Å². The molecule has 1 aliphatic heterocycles. The van der Waals surface area contributed by atoms with E-state index in [0.717, 1.165) is 51.5 Å². The highest BCUT2D eigenvalue weighted by Crippen LogP contribution is 2.47. The maximum absolute atomic E-state index is 13.8. The van der Waals surface area contributed by atoms with Gasteiger partial charge in [-0.15, -0.1) is 11.6 Å². The topological polar surface area (TPSA) is 99.7 Å². The smallest absolute Gasteiger partial charge is 0.246 e. The maximum Gasteiger partial charge on any atom is 0.246 e. The zero-order valence-corrected chi connectivity index (χ0v) is 19.5. The maximum atomic E-state index is 13.8. The van der Waals surface area contributed by atoms with Crippen LogP contribution >= 0.6 is 11.6 Å². The van der Waals surface area contributed by atoms with Crippen LogP contribution in [-0.2, 0) is 14.3 Å². The number of aliphatic hydroxyl groups excluding tert-OH is 1. The lowest BCUT2D eigenvalue weighted by atomic mass is 9.61. The van der Waals surface area contributed by atoms with Crippen molar-refractivity contribution in [1.82, 2.24) is 16.0 Å². The zero-order chi connectivity index (χ0) is 22.8. The fourth-order valence-corrected chi connectivity index (χ4v) is 6.22. The summed E-state index contributed by atoms with van der Waals surface area (Å²) in [6.07, 6.45) is 6.81. The van der Waals surface area contributed by atoms with Crippen molar-refractivity contribution < 1.29 is 23.8 Å². The highest BCUT2D eigenvalue weighted by molar-refractivity contribution is 6.21. The van der Waals surface area contributed by atoms with Gasteiger partial charge >= 0.3 is 0 Å². The molecule has 0 radical (unpaired) electrons. The van der Waals surface area contributed by atoms with Crippen LogP contribution in [0.3, 0.4) is 0 Å². The number of rotatable bonds is 7. The molecule has 4 N–H and O–H groups in total. The minimum absolute atomic E-state index is 0.0350. The number of fused-ring (bicyclic) bond motifs is 3. The average Bonchev–Trinajstić information content (AvgIpc) is 2.81. The molecule has 4 aliphatic carbocycles. The fourth-order valence-electron chi connectivity index (χ4n) is 5.99. The largest absolute Gasteiger partial charge is 0.396 e. The van der Waals surface area contributed by atoms with E-state index < -0.39 is 11.5 Å². The second kappa shape index (κ2) is 10.1. The summed E-state index contributed by atoms with van der Waals surface area (Å²) in [5, 5.41) is 18.8. The Morgan fingerprint density at radius 3 is 2.31 bits per heavy atom. The monoisotopic (exact) mass is 473 g/mol. The Labute approximate surface area is 194 Å². The minimum atomic E-state index is -1.07. The molecule has 2 amide bonds. The van der Waals surface area contributed by atoms with Crippen LogP contribution in [0.2, 0.25) is 0 Å². The second-order valence-electron chi connectivity index (χ2n) is 10.5. The van der Waals surface area contributed by atoms with Crippen LogP contribution in [0.1, 0.15) is 70.6 Å². The lowest BCUT2D eigenvalue weighted by Crippen LogP contribution is -2.65. The lowest BCUT2D eigenvalue weighted by molar-refractivity contribution is -0.134. The Bertz CT molecular complexity index is 672. The molecular formula is C23H37ClFN3O4. The van der Waals surface area contributed by atoms with Gasteiger partial charge in [-0.25, -0.2) is 4.39 Å². The SMILES string of the molecule is O=C(COC1CCC(Cl)C(F)C1)NC12CCC(NC(=O)C3CC(CO)CCN3)(CC1)CC2. The van der Waals surface area contributed by atoms with Crippen LogP contribution in [0.15, 0.2) is 0 Å². The van der Waals surface area contributed by atoms with E-state index >= 15 is 0 Å². The van der Waals surface area contributed by atoms with E-state index in [9.17, 15) is 19.1 Å². The van der Waals surface area contributed by atoms with Gasteiger partial charge in [0.15, 0.2) is 0 Å². The number of ether oxygens (including phenoxy) is 1. The van der Waals surface area contributed by atoms with Crippen molar-refractivity contribution in [3.63, 3.8) is 0 Å². The van der Waals surface area contributed by atoms with Crippen molar-refractivity contribution in [2.24, 2.45) is 5.92 Å². The fraction of sp³-hybridized carbons (Fsp3) is 0.913. The van der Waals surface area contributed by atoms with Crippen molar-refractivity contribution in [2.75, 3.05) is 19.8 Å². The van der Waals surface area contributed by atoms with Gasteiger partial charge in [0.2, 0.25) is 11.8 Å².